The summed E-state index contributed by atoms with van der Waals surface area (Å²) in [6.07, 6.45) is 0. The molecule has 2 rings (SSSR count). The number of hydrogen-bond acceptors (Lipinski definition) is 3. The summed E-state index contributed by atoms with van der Waals surface area (Å²) in [5, 5.41) is 5.88. The van der Waals surface area contributed by atoms with Gasteiger partial charge in [-0.3, -0.25) is 0 Å². The highest BCUT2D eigenvalue weighted by Crippen LogP contribution is 2.30. The Bertz CT molecular complexity index is 647. The Kier molecular flexibility index (Phi) is 4.47. The van der Waals surface area contributed by atoms with Gasteiger partial charge in [0.2, 0.25) is 0 Å². The van der Waals surface area contributed by atoms with Crippen molar-refractivity contribution in [3.05, 3.63) is 46.1 Å². The van der Waals surface area contributed by atoms with Crippen LogP contribution in [0, 0.1) is 0 Å². The fourth-order valence-corrected chi connectivity index (χ4v) is 2.43. The van der Waals surface area contributed by atoms with Crippen LogP contribution in [0.4, 0.5) is 4.79 Å². The predicted molar refractivity (Wildman–Crippen MR) is 84.4 cm³/mol. The maximum absolute atomic E-state index is 12.5. The molecule has 5 nitrogen and oxygen atoms in total. The second-order valence-corrected chi connectivity index (χ2v) is 6.56. The number of rotatable bonds is 2. The number of carbonyl (C=O) groups is 2. The molecule has 0 aliphatic carbocycles. The van der Waals surface area contributed by atoms with Crippen LogP contribution in [0.5, 0.6) is 0 Å². The summed E-state index contributed by atoms with van der Waals surface area (Å²) in [7, 11) is 0. The van der Waals surface area contributed by atoms with E-state index in [9.17, 15) is 9.59 Å². The van der Waals surface area contributed by atoms with Crippen LogP contribution < -0.4 is 10.6 Å². The van der Waals surface area contributed by atoms with Crippen molar-refractivity contribution in [3.63, 3.8) is 0 Å². The van der Waals surface area contributed by atoms with E-state index < -0.39 is 17.6 Å². The van der Waals surface area contributed by atoms with Crippen molar-refractivity contribution in [2.75, 3.05) is 0 Å². The van der Waals surface area contributed by atoms with Crippen molar-refractivity contribution in [1.82, 2.24) is 10.6 Å². The molecular weight excluding hydrogens is 304 g/mol. The van der Waals surface area contributed by atoms with Crippen molar-refractivity contribution in [2.24, 2.45) is 0 Å². The van der Waals surface area contributed by atoms with Crippen LogP contribution in [-0.4, -0.2) is 17.6 Å². The van der Waals surface area contributed by atoms with Gasteiger partial charge in [0.05, 0.1) is 11.6 Å². The zero-order chi connectivity index (χ0) is 16.5. The first-order chi connectivity index (χ1) is 10.2. The smallest absolute Gasteiger partial charge is 0.338 e. The molecule has 118 valence electrons. The highest BCUT2D eigenvalue weighted by atomic mass is 35.5. The lowest BCUT2D eigenvalue weighted by Gasteiger charge is -2.30. The Morgan fingerprint density at radius 3 is 2.59 bits per heavy atom. The van der Waals surface area contributed by atoms with Gasteiger partial charge in [0, 0.05) is 10.7 Å². The number of benzene rings is 1. The van der Waals surface area contributed by atoms with Gasteiger partial charge in [-0.2, -0.15) is 0 Å². The van der Waals surface area contributed by atoms with Gasteiger partial charge in [-0.05, 0) is 45.4 Å². The number of halogens is 1. The van der Waals surface area contributed by atoms with Crippen molar-refractivity contribution in [3.8, 4) is 0 Å². The molecule has 1 aromatic carbocycles. The van der Waals surface area contributed by atoms with E-state index in [2.05, 4.69) is 10.6 Å². The zero-order valence-corrected chi connectivity index (χ0v) is 13.7. The molecule has 0 unspecified atom stereocenters. The molecule has 0 saturated heterocycles. The topological polar surface area (TPSA) is 67.4 Å². The molecule has 1 aromatic rings. The van der Waals surface area contributed by atoms with Crippen LogP contribution in [0.3, 0.4) is 0 Å². The normalized spacial score (nSPS) is 18.6. The first kappa shape index (κ1) is 16.4. The van der Waals surface area contributed by atoms with Gasteiger partial charge in [0.1, 0.15) is 5.60 Å². The van der Waals surface area contributed by atoms with Crippen LogP contribution in [0.2, 0.25) is 5.02 Å². The van der Waals surface area contributed by atoms with Gasteiger partial charge in [-0.25, -0.2) is 9.59 Å². The molecule has 1 aliphatic heterocycles. The van der Waals surface area contributed by atoms with E-state index in [1.54, 1.807) is 52.0 Å². The average Bonchev–Trinajstić information content (AvgIpc) is 2.35. The third kappa shape index (κ3) is 3.80. The molecule has 0 spiro atoms. The lowest BCUT2D eigenvalue weighted by molar-refractivity contribution is -0.150. The number of esters is 1. The van der Waals surface area contributed by atoms with Crippen LogP contribution in [0.1, 0.15) is 39.3 Å². The van der Waals surface area contributed by atoms with E-state index in [0.29, 0.717) is 16.3 Å². The van der Waals surface area contributed by atoms with E-state index in [-0.39, 0.29) is 6.03 Å². The van der Waals surface area contributed by atoms with Crippen molar-refractivity contribution >= 4 is 23.6 Å². The van der Waals surface area contributed by atoms with Gasteiger partial charge < -0.3 is 15.4 Å². The van der Waals surface area contributed by atoms with Crippen molar-refractivity contribution in [1.29, 1.82) is 0 Å². The molecule has 1 atom stereocenters. The molecule has 6 heteroatoms. The number of nitrogens with one attached hydrogen (secondary N) is 2. The summed E-state index contributed by atoms with van der Waals surface area (Å²) in [6, 6.07) is 6.07. The second-order valence-electron chi connectivity index (χ2n) is 6.13. The van der Waals surface area contributed by atoms with E-state index >= 15 is 0 Å². The first-order valence-corrected chi connectivity index (χ1v) is 7.32. The molecule has 2 N–H and O–H groups in total. The average molecular weight is 323 g/mol. The summed E-state index contributed by atoms with van der Waals surface area (Å²) < 4.78 is 5.44. The van der Waals surface area contributed by atoms with Crippen LogP contribution in [-0.2, 0) is 9.53 Å². The third-order valence-corrected chi connectivity index (χ3v) is 3.31. The van der Waals surface area contributed by atoms with Gasteiger partial charge in [0.15, 0.2) is 0 Å². The highest BCUT2D eigenvalue weighted by Gasteiger charge is 2.33. The predicted octanol–water partition coefficient (Wildman–Crippen LogP) is 3.31. The summed E-state index contributed by atoms with van der Waals surface area (Å²) in [4.78, 5) is 24.2. The second kappa shape index (κ2) is 6.01. The molecule has 1 aliphatic rings. The number of ether oxygens (including phenoxy) is 1. The standard InChI is InChI=1S/C16H19ClN2O3/c1-9-12(14(20)22-16(2,3)4)13(19-15(21)18-9)10-6-5-7-11(17)8-10/h5-8,13H,1-4H3,(H2,18,19,21)/t13-/m1/s1. The lowest BCUT2D eigenvalue weighted by Crippen LogP contribution is -2.46. The molecular formula is C16H19ClN2O3. The van der Waals surface area contributed by atoms with Crippen LogP contribution >= 0.6 is 11.6 Å². The number of allylic oxidation sites excluding steroid dienone is 1. The summed E-state index contributed by atoms with van der Waals surface area (Å²) in [6.45, 7) is 7.06. The molecule has 1 heterocycles. The molecule has 0 fully saturated rings. The highest BCUT2D eigenvalue weighted by molar-refractivity contribution is 6.30. The van der Waals surface area contributed by atoms with E-state index in [4.69, 9.17) is 16.3 Å². The van der Waals surface area contributed by atoms with Crippen molar-refractivity contribution < 1.29 is 14.3 Å². The SMILES string of the molecule is CC1=C(C(=O)OC(C)(C)C)[C@@H](c2cccc(Cl)c2)NC(=O)N1. The minimum Gasteiger partial charge on any atom is -0.456 e. The van der Waals surface area contributed by atoms with E-state index in [0.717, 1.165) is 5.56 Å². The Morgan fingerprint density at radius 1 is 1.32 bits per heavy atom. The maximum Gasteiger partial charge on any atom is 0.338 e. The monoisotopic (exact) mass is 322 g/mol. The summed E-state index contributed by atoms with van der Waals surface area (Å²) in [5.74, 6) is -0.470. The van der Waals surface area contributed by atoms with Gasteiger partial charge in [0.25, 0.3) is 0 Å². The molecule has 0 saturated carbocycles. The molecule has 2 amide bonds. The minimum atomic E-state index is -0.620. The largest absolute Gasteiger partial charge is 0.456 e. The fourth-order valence-electron chi connectivity index (χ4n) is 2.23. The molecule has 0 bridgehead atoms. The lowest BCUT2D eigenvalue weighted by atomic mass is 9.95. The van der Waals surface area contributed by atoms with E-state index in [1.807, 2.05) is 0 Å². The number of hydrogen-bond donors (Lipinski definition) is 2. The fraction of sp³-hybridized carbons (Fsp3) is 0.375. The summed E-state index contributed by atoms with van der Waals surface area (Å²) >= 11 is 6.01. The van der Waals surface area contributed by atoms with Gasteiger partial charge in [-0.15, -0.1) is 0 Å². The van der Waals surface area contributed by atoms with Crippen LogP contribution in [0.15, 0.2) is 35.5 Å². The minimum absolute atomic E-state index is 0.366. The maximum atomic E-state index is 12.5. The van der Waals surface area contributed by atoms with Gasteiger partial charge >= 0.3 is 12.0 Å². The molecule has 0 aromatic heterocycles. The Balaban J connectivity index is 2.43. The molecule has 0 radical (unpaired) electrons. The quantitative estimate of drug-likeness (QED) is 0.821. The number of carbonyl (C=O) groups excluding carboxylic acids is 2. The number of amides is 2. The first-order valence-electron chi connectivity index (χ1n) is 6.94. The Labute approximate surface area is 134 Å². The van der Waals surface area contributed by atoms with Crippen LogP contribution in [0.25, 0.3) is 0 Å². The third-order valence-electron chi connectivity index (χ3n) is 3.07. The summed E-state index contributed by atoms with van der Waals surface area (Å²) in [5.41, 5.74) is 0.951. The Morgan fingerprint density at radius 2 is 2.00 bits per heavy atom. The molecule has 22 heavy (non-hydrogen) atoms. The van der Waals surface area contributed by atoms with E-state index in [1.165, 1.54) is 0 Å². The van der Waals surface area contributed by atoms with Gasteiger partial charge in [-0.1, -0.05) is 23.7 Å². The van der Waals surface area contributed by atoms with Crippen molar-refractivity contribution in [2.45, 2.75) is 39.3 Å². The number of urea groups is 1. The zero-order valence-electron chi connectivity index (χ0n) is 13.0. The Hall–Kier alpha value is -2.01.